The van der Waals surface area contributed by atoms with Gasteiger partial charge in [-0.15, -0.1) is 0 Å². The van der Waals surface area contributed by atoms with Gasteiger partial charge in [0.25, 0.3) is 0 Å². The minimum absolute atomic E-state index is 0.112. The molecular weight excluding hydrogens is 632 g/mol. The molecule has 0 heterocycles. The fourth-order valence-electron chi connectivity index (χ4n) is 5.63. The molecule has 0 radical (unpaired) electrons. The largest absolute Gasteiger partial charge is 0.508 e. The molecule has 0 aliphatic heterocycles. The number of phenols is 2. The maximum Gasteiger partial charge on any atom is 0.316 e. The molecule has 0 spiro atoms. The van der Waals surface area contributed by atoms with Crippen LogP contribution in [0, 0.1) is 36.5 Å². The summed E-state index contributed by atoms with van der Waals surface area (Å²) in [5.74, 6) is 0.570. The zero-order valence-corrected chi connectivity index (χ0v) is 33.0. The second-order valence-electron chi connectivity index (χ2n) is 16.8. The van der Waals surface area contributed by atoms with Gasteiger partial charge in [-0.2, -0.15) is 0 Å². The van der Waals surface area contributed by atoms with Crippen molar-refractivity contribution in [1.29, 1.82) is 0 Å². The van der Waals surface area contributed by atoms with E-state index in [1.165, 1.54) is 0 Å². The van der Waals surface area contributed by atoms with Crippen LogP contribution in [0.25, 0.3) is 0 Å². The second kappa shape index (κ2) is 18.4. The summed E-state index contributed by atoms with van der Waals surface area (Å²) in [5, 5.41) is 20.1. The van der Waals surface area contributed by atoms with E-state index in [1.807, 2.05) is 39.8 Å². The molecule has 0 saturated heterocycles. The Morgan fingerprint density at radius 3 is 1.20 bits per heavy atom. The molecule has 8 heteroatoms. The SMILES string of the molecule is Cc1cc(C(C)(CCC(C)C(C)(C)C)C(=O)OCCOCCOCCOC(=O)C(C)(CCC(C)C(C)(C)C)c2ccc(O)c(C)c2)ccc1O. The number of aromatic hydroxyl groups is 2. The number of hydrogen-bond donors (Lipinski definition) is 2. The minimum atomic E-state index is -0.861. The van der Waals surface area contributed by atoms with Crippen molar-refractivity contribution in [2.75, 3.05) is 39.6 Å². The van der Waals surface area contributed by atoms with Crippen LogP contribution in [0.1, 0.15) is 117 Å². The molecule has 4 unspecified atom stereocenters. The van der Waals surface area contributed by atoms with Crippen LogP contribution in [0.5, 0.6) is 11.5 Å². The van der Waals surface area contributed by atoms with Gasteiger partial charge in [0, 0.05) is 0 Å². The van der Waals surface area contributed by atoms with E-state index in [9.17, 15) is 19.8 Å². The summed E-state index contributed by atoms with van der Waals surface area (Å²) in [4.78, 5) is 27.0. The predicted octanol–water partition coefficient (Wildman–Crippen LogP) is 8.97. The lowest BCUT2D eigenvalue weighted by atomic mass is 9.72. The van der Waals surface area contributed by atoms with Crippen LogP contribution in [0.15, 0.2) is 36.4 Å². The van der Waals surface area contributed by atoms with Crippen LogP contribution >= 0.6 is 0 Å². The Labute approximate surface area is 302 Å². The van der Waals surface area contributed by atoms with Crippen LogP contribution in [0.3, 0.4) is 0 Å². The highest BCUT2D eigenvalue weighted by molar-refractivity contribution is 5.83. The van der Waals surface area contributed by atoms with Crippen molar-refractivity contribution < 1.29 is 38.7 Å². The maximum atomic E-state index is 13.5. The number of carbonyl (C=O) groups is 2. The monoisotopic (exact) mass is 698 g/mol. The fraction of sp³-hybridized carbons (Fsp3) is 0.667. The van der Waals surface area contributed by atoms with Crippen LogP contribution < -0.4 is 0 Å². The number of aryl methyl sites for hydroxylation is 2. The minimum Gasteiger partial charge on any atom is -0.508 e. The van der Waals surface area contributed by atoms with Gasteiger partial charge in [-0.25, -0.2) is 0 Å². The first-order valence-electron chi connectivity index (χ1n) is 18.2. The number of ether oxygens (including phenoxy) is 4. The number of rotatable bonds is 19. The molecule has 2 rings (SSSR count). The molecule has 0 fully saturated rings. The molecule has 2 aromatic rings. The molecule has 2 N–H and O–H groups in total. The van der Waals surface area contributed by atoms with E-state index in [2.05, 4.69) is 55.4 Å². The van der Waals surface area contributed by atoms with Crippen molar-refractivity contribution in [2.24, 2.45) is 22.7 Å². The van der Waals surface area contributed by atoms with Crippen LogP contribution in [0.2, 0.25) is 0 Å². The summed E-state index contributed by atoms with van der Waals surface area (Å²) in [5.41, 5.74) is 1.60. The van der Waals surface area contributed by atoms with E-state index in [0.717, 1.165) is 35.1 Å². The van der Waals surface area contributed by atoms with Gasteiger partial charge < -0.3 is 29.2 Å². The average Bonchev–Trinajstić information content (AvgIpc) is 3.04. The molecule has 4 atom stereocenters. The van der Waals surface area contributed by atoms with Gasteiger partial charge >= 0.3 is 11.9 Å². The maximum absolute atomic E-state index is 13.5. The number of esters is 2. The molecule has 8 nitrogen and oxygen atoms in total. The van der Waals surface area contributed by atoms with Gasteiger partial charge in [-0.1, -0.05) is 79.7 Å². The summed E-state index contributed by atoms with van der Waals surface area (Å²) < 4.78 is 22.8. The molecular formula is C42H66O8. The van der Waals surface area contributed by atoms with Gasteiger partial charge in [0.15, 0.2) is 0 Å². The molecule has 282 valence electrons. The topological polar surface area (TPSA) is 112 Å². The fourth-order valence-corrected chi connectivity index (χ4v) is 5.63. The van der Waals surface area contributed by atoms with Crippen molar-refractivity contribution in [3.63, 3.8) is 0 Å². The predicted molar refractivity (Wildman–Crippen MR) is 200 cm³/mol. The first kappa shape index (κ1) is 43.1. The highest BCUT2D eigenvalue weighted by atomic mass is 16.6. The third kappa shape index (κ3) is 12.3. The van der Waals surface area contributed by atoms with Crippen molar-refractivity contribution >= 4 is 11.9 Å². The van der Waals surface area contributed by atoms with Crippen molar-refractivity contribution in [3.05, 3.63) is 58.7 Å². The van der Waals surface area contributed by atoms with Crippen molar-refractivity contribution in [2.45, 2.75) is 120 Å². The van der Waals surface area contributed by atoms with Crippen LogP contribution in [0.4, 0.5) is 0 Å². The molecule has 0 amide bonds. The van der Waals surface area contributed by atoms with E-state index >= 15 is 0 Å². The number of benzene rings is 2. The number of hydrogen-bond acceptors (Lipinski definition) is 8. The highest BCUT2D eigenvalue weighted by Gasteiger charge is 2.39. The van der Waals surface area contributed by atoms with Gasteiger partial charge in [-0.05, 0) is 110 Å². The quantitative estimate of drug-likeness (QED) is 0.111. The third-order valence-corrected chi connectivity index (χ3v) is 11.0. The standard InChI is InChI=1S/C42H66O8/c1-29-27-33(13-15-35(29)43)41(11,19-17-31(3)39(5,6)7)37(45)49-25-23-47-21-22-48-24-26-50-38(46)42(12,20-18-32(4)40(8,9)10)34-14-16-36(44)30(2)28-34/h13-16,27-28,31-32,43-44H,17-26H2,1-12H3. The first-order valence-corrected chi connectivity index (χ1v) is 18.2. The van der Waals surface area contributed by atoms with Gasteiger partial charge in [0.2, 0.25) is 0 Å². The smallest absolute Gasteiger partial charge is 0.316 e. The van der Waals surface area contributed by atoms with E-state index < -0.39 is 10.8 Å². The first-order chi connectivity index (χ1) is 23.1. The summed E-state index contributed by atoms with van der Waals surface area (Å²) >= 11 is 0. The number of carbonyl (C=O) groups excluding carboxylic acids is 2. The summed E-state index contributed by atoms with van der Waals surface area (Å²) in [7, 11) is 0. The van der Waals surface area contributed by atoms with Crippen LogP contribution in [-0.2, 0) is 39.4 Å². The Hall–Kier alpha value is -3.10. The van der Waals surface area contributed by atoms with Gasteiger partial charge in [-0.3, -0.25) is 9.59 Å². The summed E-state index contributed by atoms with van der Waals surface area (Å²) in [6, 6.07) is 10.6. The van der Waals surface area contributed by atoms with E-state index in [4.69, 9.17) is 18.9 Å². The average molecular weight is 699 g/mol. The Bertz CT molecular complexity index is 1280. The molecule has 0 aromatic heterocycles. The van der Waals surface area contributed by atoms with E-state index in [-0.39, 0.29) is 60.7 Å². The van der Waals surface area contributed by atoms with Gasteiger partial charge in [0.05, 0.1) is 37.3 Å². The van der Waals surface area contributed by atoms with Crippen LogP contribution in [-0.4, -0.2) is 61.8 Å². The second-order valence-corrected chi connectivity index (χ2v) is 16.8. The Morgan fingerprint density at radius 1 is 0.580 bits per heavy atom. The van der Waals surface area contributed by atoms with E-state index in [1.54, 1.807) is 24.3 Å². The zero-order chi connectivity index (χ0) is 37.9. The summed E-state index contributed by atoms with van der Waals surface area (Å²) in [6.07, 6.45) is 2.95. The highest BCUT2D eigenvalue weighted by Crippen LogP contribution is 2.39. The Morgan fingerprint density at radius 2 is 0.900 bits per heavy atom. The normalized spacial score (nSPS) is 15.8. The lowest BCUT2D eigenvalue weighted by molar-refractivity contribution is -0.153. The summed E-state index contributed by atoms with van der Waals surface area (Å²) in [6.45, 7) is 26.4. The molecule has 0 aliphatic rings. The lowest BCUT2D eigenvalue weighted by Crippen LogP contribution is -2.36. The zero-order valence-electron chi connectivity index (χ0n) is 33.0. The molecule has 50 heavy (non-hydrogen) atoms. The molecule has 0 aliphatic carbocycles. The third-order valence-electron chi connectivity index (χ3n) is 11.0. The molecule has 2 aromatic carbocycles. The molecule has 0 saturated carbocycles. The van der Waals surface area contributed by atoms with E-state index in [0.29, 0.717) is 37.9 Å². The Balaban J connectivity index is 1.83. The number of phenolic OH excluding ortho intramolecular Hbond substituents is 2. The lowest BCUT2D eigenvalue weighted by Gasteiger charge is -2.33. The molecule has 0 bridgehead atoms. The van der Waals surface area contributed by atoms with Crippen molar-refractivity contribution in [1.82, 2.24) is 0 Å². The van der Waals surface area contributed by atoms with Crippen molar-refractivity contribution in [3.8, 4) is 11.5 Å². The van der Waals surface area contributed by atoms with Gasteiger partial charge in [0.1, 0.15) is 24.7 Å². The Kier molecular flexibility index (Phi) is 15.9.